The first-order chi connectivity index (χ1) is 13.1. The number of amides is 1. The Morgan fingerprint density at radius 1 is 1.04 bits per heavy atom. The van der Waals surface area contributed by atoms with E-state index in [0.29, 0.717) is 27.4 Å². The number of hydrogen-bond donors (Lipinski definition) is 2. The molecule has 0 saturated carbocycles. The Labute approximate surface area is 159 Å². The molecule has 1 aliphatic rings. The van der Waals surface area contributed by atoms with Gasteiger partial charge in [-0.25, -0.2) is 4.98 Å². The Morgan fingerprint density at radius 3 is 2.67 bits per heavy atom. The summed E-state index contributed by atoms with van der Waals surface area (Å²) in [5, 5.41) is 12.3. The molecule has 1 unspecified atom stereocenters. The molecule has 0 saturated heterocycles. The number of halogens is 1. The average molecular weight is 376 g/mol. The number of hydrogen-bond acceptors (Lipinski definition) is 3. The summed E-state index contributed by atoms with van der Waals surface area (Å²) >= 11 is 6.38. The van der Waals surface area contributed by atoms with Gasteiger partial charge in [0.2, 0.25) is 0 Å². The van der Waals surface area contributed by atoms with Gasteiger partial charge in [-0.3, -0.25) is 9.69 Å². The van der Waals surface area contributed by atoms with Crippen LogP contribution in [0.25, 0.3) is 11.0 Å². The first-order valence-electron chi connectivity index (χ1n) is 8.45. The monoisotopic (exact) mass is 375 g/mol. The van der Waals surface area contributed by atoms with Crippen LogP contribution in [0.2, 0.25) is 5.02 Å². The highest BCUT2D eigenvalue weighted by Crippen LogP contribution is 2.46. The summed E-state index contributed by atoms with van der Waals surface area (Å²) in [4.78, 5) is 21.9. The number of nitrogens with one attached hydrogen (secondary N) is 1. The van der Waals surface area contributed by atoms with Crippen molar-refractivity contribution < 1.29 is 9.90 Å². The Bertz CT molecular complexity index is 1200. The van der Waals surface area contributed by atoms with Crippen molar-refractivity contribution in [2.24, 2.45) is 0 Å². The molecule has 2 N–H and O–H groups in total. The van der Waals surface area contributed by atoms with Crippen LogP contribution in [0.4, 0.5) is 5.69 Å². The maximum Gasteiger partial charge on any atom is 0.261 e. The molecule has 0 aliphatic carbocycles. The predicted octanol–water partition coefficient (Wildman–Crippen LogP) is 4.07. The number of aromatic amines is 1. The van der Waals surface area contributed by atoms with Crippen molar-refractivity contribution in [1.29, 1.82) is 0 Å². The zero-order valence-electron chi connectivity index (χ0n) is 14.1. The van der Waals surface area contributed by atoms with Crippen molar-refractivity contribution in [2.75, 3.05) is 4.90 Å². The summed E-state index contributed by atoms with van der Waals surface area (Å²) in [7, 11) is 0. The molecule has 27 heavy (non-hydrogen) atoms. The topological polar surface area (TPSA) is 69.2 Å². The number of para-hydroxylation sites is 1. The van der Waals surface area contributed by atoms with E-state index in [1.807, 2.05) is 18.2 Å². The summed E-state index contributed by atoms with van der Waals surface area (Å²) in [6, 6.07) is 19.5. The molecule has 4 aromatic rings. The average Bonchev–Trinajstić information content (AvgIpc) is 3.25. The van der Waals surface area contributed by atoms with Crippen molar-refractivity contribution in [1.82, 2.24) is 9.97 Å². The van der Waals surface area contributed by atoms with E-state index in [4.69, 9.17) is 11.6 Å². The fourth-order valence-corrected chi connectivity index (χ4v) is 3.94. The third-order valence-electron chi connectivity index (χ3n) is 4.98. The van der Waals surface area contributed by atoms with E-state index in [2.05, 4.69) is 9.97 Å². The first kappa shape index (κ1) is 16.1. The highest BCUT2D eigenvalue weighted by Gasteiger charge is 2.51. The quantitative estimate of drug-likeness (QED) is 0.555. The molecule has 6 heteroatoms. The second-order valence-electron chi connectivity index (χ2n) is 6.44. The van der Waals surface area contributed by atoms with Crippen molar-refractivity contribution in [3.63, 3.8) is 0 Å². The highest BCUT2D eigenvalue weighted by molar-refractivity contribution is 6.34. The van der Waals surface area contributed by atoms with Gasteiger partial charge >= 0.3 is 0 Å². The zero-order valence-corrected chi connectivity index (χ0v) is 14.8. The summed E-state index contributed by atoms with van der Waals surface area (Å²) in [5.74, 6) is -0.300. The highest BCUT2D eigenvalue weighted by atomic mass is 35.5. The fraction of sp³-hybridized carbons (Fsp3) is 0.0476. The summed E-state index contributed by atoms with van der Waals surface area (Å²) < 4.78 is 0. The number of aromatic nitrogens is 2. The first-order valence-corrected chi connectivity index (χ1v) is 8.83. The SMILES string of the molecule is O=C1c2ccccc2C(O)(c2ccc3nc[nH]c3c2)N1c1ccccc1Cl. The zero-order chi connectivity index (χ0) is 18.6. The molecule has 3 aromatic carbocycles. The second-order valence-corrected chi connectivity index (χ2v) is 6.85. The van der Waals surface area contributed by atoms with Gasteiger partial charge in [0.15, 0.2) is 5.72 Å². The Morgan fingerprint density at radius 2 is 1.81 bits per heavy atom. The van der Waals surface area contributed by atoms with Crippen LogP contribution >= 0.6 is 11.6 Å². The minimum Gasteiger partial charge on any atom is -0.363 e. The van der Waals surface area contributed by atoms with Crippen LogP contribution in [0, 0.1) is 0 Å². The van der Waals surface area contributed by atoms with Crippen molar-refractivity contribution in [2.45, 2.75) is 5.72 Å². The van der Waals surface area contributed by atoms with Gasteiger partial charge in [0.1, 0.15) is 0 Å². The minimum atomic E-state index is -1.68. The van der Waals surface area contributed by atoms with E-state index in [0.717, 1.165) is 11.0 Å². The largest absolute Gasteiger partial charge is 0.363 e. The molecule has 2 heterocycles. The van der Waals surface area contributed by atoms with E-state index < -0.39 is 5.72 Å². The van der Waals surface area contributed by atoms with Crippen LogP contribution in [0.3, 0.4) is 0 Å². The van der Waals surface area contributed by atoms with E-state index in [9.17, 15) is 9.90 Å². The molecule has 0 bridgehead atoms. The standard InChI is InChI=1S/C21H14ClN3O2/c22-16-7-3-4-8-19(16)25-20(26)14-5-1-2-6-15(14)21(25,27)13-9-10-17-18(11-13)24-12-23-17/h1-12,27H,(H,23,24). The number of imidazole rings is 1. The molecular formula is C21H14ClN3O2. The van der Waals surface area contributed by atoms with Gasteiger partial charge in [-0.15, -0.1) is 0 Å². The number of aliphatic hydroxyl groups is 1. The predicted molar refractivity (Wildman–Crippen MR) is 104 cm³/mol. The molecule has 1 aliphatic heterocycles. The number of benzene rings is 3. The van der Waals surface area contributed by atoms with Crippen molar-refractivity contribution >= 4 is 34.2 Å². The van der Waals surface area contributed by atoms with Crippen molar-refractivity contribution in [3.05, 3.63) is 94.8 Å². The number of fused-ring (bicyclic) bond motifs is 2. The lowest BCUT2D eigenvalue weighted by molar-refractivity contribution is 0.0704. The lowest BCUT2D eigenvalue weighted by atomic mass is 9.93. The number of nitrogens with zero attached hydrogens (tertiary/aromatic N) is 2. The maximum absolute atomic E-state index is 13.2. The van der Waals surface area contributed by atoms with Crippen LogP contribution in [-0.2, 0) is 5.72 Å². The van der Waals surface area contributed by atoms with E-state index >= 15 is 0 Å². The second kappa shape index (κ2) is 5.67. The van der Waals surface area contributed by atoms with Gasteiger partial charge in [-0.1, -0.05) is 48.0 Å². The van der Waals surface area contributed by atoms with Gasteiger partial charge in [-0.2, -0.15) is 0 Å². The fourth-order valence-electron chi connectivity index (χ4n) is 3.72. The lowest BCUT2D eigenvalue weighted by Crippen LogP contribution is -2.45. The molecule has 1 amide bonds. The number of carbonyl (C=O) groups is 1. The molecule has 0 fully saturated rings. The van der Waals surface area contributed by atoms with E-state index in [-0.39, 0.29) is 5.91 Å². The minimum absolute atomic E-state index is 0.300. The lowest BCUT2D eigenvalue weighted by Gasteiger charge is -2.35. The number of rotatable bonds is 2. The van der Waals surface area contributed by atoms with Crippen LogP contribution in [-0.4, -0.2) is 21.0 Å². The molecule has 1 atom stereocenters. The maximum atomic E-state index is 13.2. The van der Waals surface area contributed by atoms with Gasteiger partial charge in [-0.05, 0) is 30.3 Å². The molecule has 1 aromatic heterocycles. The Kier molecular flexibility index (Phi) is 3.37. The molecule has 5 rings (SSSR count). The van der Waals surface area contributed by atoms with Crippen molar-refractivity contribution in [3.8, 4) is 0 Å². The Balaban J connectivity index is 1.82. The van der Waals surface area contributed by atoms with Crippen LogP contribution in [0.1, 0.15) is 21.5 Å². The molecule has 5 nitrogen and oxygen atoms in total. The van der Waals surface area contributed by atoms with Gasteiger partial charge in [0.05, 0.1) is 28.1 Å². The number of carbonyl (C=O) groups excluding carboxylic acids is 1. The number of anilines is 1. The summed E-state index contributed by atoms with van der Waals surface area (Å²) in [6.45, 7) is 0. The van der Waals surface area contributed by atoms with Gasteiger partial charge in [0, 0.05) is 16.7 Å². The molecule has 132 valence electrons. The smallest absolute Gasteiger partial charge is 0.261 e. The van der Waals surface area contributed by atoms with Crippen LogP contribution in [0.15, 0.2) is 73.1 Å². The summed E-state index contributed by atoms with van der Waals surface area (Å²) in [5.41, 5.74) is 1.85. The van der Waals surface area contributed by atoms with E-state index in [1.54, 1.807) is 54.9 Å². The molecule has 0 spiro atoms. The third kappa shape index (κ3) is 2.16. The number of H-pyrrole nitrogens is 1. The summed E-state index contributed by atoms with van der Waals surface area (Å²) in [6.07, 6.45) is 1.60. The third-order valence-corrected chi connectivity index (χ3v) is 5.30. The van der Waals surface area contributed by atoms with Gasteiger partial charge < -0.3 is 10.1 Å². The molecular weight excluding hydrogens is 362 g/mol. The van der Waals surface area contributed by atoms with E-state index in [1.165, 1.54) is 4.90 Å². The van der Waals surface area contributed by atoms with Crippen LogP contribution in [0.5, 0.6) is 0 Å². The Hall–Kier alpha value is -3.15. The normalized spacial score (nSPS) is 18.9. The molecule has 0 radical (unpaired) electrons. The van der Waals surface area contributed by atoms with Gasteiger partial charge in [0.25, 0.3) is 5.91 Å². The van der Waals surface area contributed by atoms with Crippen LogP contribution < -0.4 is 4.90 Å².